The lowest BCUT2D eigenvalue weighted by atomic mass is 9.95. The fourth-order valence-corrected chi connectivity index (χ4v) is 2.87. The molecule has 0 saturated heterocycles. The average molecular weight is 351 g/mol. The van der Waals surface area contributed by atoms with Gasteiger partial charge in [0.25, 0.3) is 0 Å². The third-order valence-electron chi connectivity index (χ3n) is 3.62. The van der Waals surface area contributed by atoms with Crippen molar-refractivity contribution < 1.29 is 19.7 Å². The fraction of sp³-hybridized carbons (Fsp3) is 0.250. The summed E-state index contributed by atoms with van der Waals surface area (Å²) in [5.74, 6) is 1.13. The van der Waals surface area contributed by atoms with Crippen molar-refractivity contribution in [1.82, 2.24) is 0 Å². The van der Waals surface area contributed by atoms with Gasteiger partial charge in [-0.1, -0.05) is 28.1 Å². The van der Waals surface area contributed by atoms with Crippen molar-refractivity contribution in [2.45, 2.75) is 18.6 Å². The summed E-state index contributed by atoms with van der Waals surface area (Å²) in [5.41, 5.74) is 1.59. The summed E-state index contributed by atoms with van der Waals surface area (Å²) in [6.07, 6.45) is -0.449. The van der Waals surface area contributed by atoms with Crippen molar-refractivity contribution in [1.29, 1.82) is 0 Å². The van der Waals surface area contributed by atoms with E-state index in [0.29, 0.717) is 17.9 Å². The Hall–Kier alpha value is -1.72. The highest BCUT2D eigenvalue weighted by Gasteiger charge is 2.28. The van der Waals surface area contributed by atoms with Crippen LogP contribution in [0.4, 0.5) is 0 Å². The van der Waals surface area contributed by atoms with Gasteiger partial charge in [-0.2, -0.15) is 0 Å². The van der Waals surface area contributed by atoms with Crippen LogP contribution in [0.15, 0.2) is 40.9 Å². The molecule has 2 N–H and O–H groups in total. The number of hydrogen-bond donors (Lipinski definition) is 2. The molecule has 2 aromatic carbocycles. The Morgan fingerprint density at radius 2 is 2.05 bits per heavy atom. The zero-order valence-corrected chi connectivity index (χ0v) is 13.0. The van der Waals surface area contributed by atoms with Crippen LogP contribution in [0.1, 0.15) is 29.8 Å². The second-order valence-electron chi connectivity index (χ2n) is 4.97. The zero-order valence-electron chi connectivity index (χ0n) is 11.4. The Bertz CT molecular complexity index is 671. The monoisotopic (exact) mass is 350 g/mol. The van der Waals surface area contributed by atoms with Crippen LogP contribution in [0.2, 0.25) is 0 Å². The first kappa shape index (κ1) is 14.2. The predicted octanol–water partition coefficient (Wildman–Crippen LogP) is 3.72. The number of aromatic hydroxyl groups is 1. The van der Waals surface area contributed by atoms with Gasteiger partial charge in [-0.15, -0.1) is 0 Å². The number of benzene rings is 2. The summed E-state index contributed by atoms with van der Waals surface area (Å²) >= 11 is 3.40. The van der Waals surface area contributed by atoms with Gasteiger partial charge >= 0.3 is 0 Å². The van der Waals surface area contributed by atoms with E-state index in [1.54, 1.807) is 12.1 Å². The molecule has 0 amide bonds. The van der Waals surface area contributed by atoms with Crippen molar-refractivity contribution in [2.75, 3.05) is 7.11 Å². The molecule has 1 heterocycles. The third-order valence-corrected chi connectivity index (χ3v) is 4.11. The van der Waals surface area contributed by atoms with Crippen molar-refractivity contribution in [3.05, 3.63) is 52.0 Å². The lowest BCUT2D eigenvalue weighted by Gasteiger charge is -2.30. The number of aliphatic hydroxyl groups excluding tert-OH is 1. The number of aliphatic hydroxyl groups is 1. The van der Waals surface area contributed by atoms with Crippen molar-refractivity contribution >= 4 is 15.9 Å². The van der Waals surface area contributed by atoms with Gasteiger partial charge in [0, 0.05) is 16.5 Å². The normalized spacial score (nSPS) is 20.5. The van der Waals surface area contributed by atoms with E-state index in [4.69, 9.17) is 9.47 Å². The summed E-state index contributed by atoms with van der Waals surface area (Å²) in [6, 6.07) is 10.7. The third kappa shape index (κ3) is 2.71. The molecule has 0 aromatic heterocycles. The highest BCUT2D eigenvalue weighted by molar-refractivity contribution is 9.10. The minimum atomic E-state index is -0.587. The second kappa shape index (κ2) is 5.58. The lowest BCUT2D eigenvalue weighted by Crippen LogP contribution is -2.19. The Kier molecular flexibility index (Phi) is 3.78. The summed E-state index contributed by atoms with van der Waals surface area (Å²) in [4.78, 5) is 0. The number of phenols is 1. The van der Waals surface area contributed by atoms with Gasteiger partial charge in [0.1, 0.15) is 11.9 Å². The molecule has 1 aliphatic heterocycles. The molecule has 3 rings (SSSR count). The zero-order chi connectivity index (χ0) is 15.0. The fourth-order valence-electron chi connectivity index (χ4n) is 2.53. The Morgan fingerprint density at radius 1 is 1.24 bits per heavy atom. The van der Waals surface area contributed by atoms with Crippen LogP contribution in [0.25, 0.3) is 0 Å². The minimum absolute atomic E-state index is 0.0631. The van der Waals surface area contributed by atoms with Crippen LogP contribution in [0.5, 0.6) is 17.2 Å². The summed E-state index contributed by atoms with van der Waals surface area (Å²) in [7, 11) is 1.50. The van der Waals surface area contributed by atoms with Crippen LogP contribution < -0.4 is 9.47 Å². The van der Waals surface area contributed by atoms with E-state index in [1.165, 1.54) is 7.11 Å². The van der Waals surface area contributed by atoms with Crippen LogP contribution in [-0.4, -0.2) is 17.3 Å². The van der Waals surface area contributed by atoms with E-state index in [2.05, 4.69) is 15.9 Å². The average Bonchev–Trinajstić information content (AvgIpc) is 2.46. The molecule has 110 valence electrons. The van der Waals surface area contributed by atoms with E-state index < -0.39 is 6.10 Å². The van der Waals surface area contributed by atoms with Gasteiger partial charge in [0.15, 0.2) is 11.5 Å². The summed E-state index contributed by atoms with van der Waals surface area (Å²) in [6.45, 7) is 0. The molecule has 21 heavy (non-hydrogen) atoms. The number of halogens is 1. The standard InChI is InChI=1S/C16H15BrO4/c1-20-14-5-2-9(6-13(14)19)15-8-12(18)11-4-3-10(17)7-16(11)21-15/h2-7,12,15,18-19H,8H2,1H3/t12-,15?/m1/s1. The van der Waals surface area contributed by atoms with Crippen LogP contribution >= 0.6 is 15.9 Å². The van der Waals surface area contributed by atoms with Crippen molar-refractivity contribution in [2.24, 2.45) is 0 Å². The van der Waals surface area contributed by atoms with Gasteiger partial charge in [0.05, 0.1) is 13.2 Å². The maximum atomic E-state index is 10.3. The molecule has 0 fully saturated rings. The maximum absolute atomic E-state index is 10.3. The molecule has 1 aliphatic rings. The summed E-state index contributed by atoms with van der Waals surface area (Å²) in [5, 5.41) is 20.1. The smallest absolute Gasteiger partial charge is 0.160 e. The molecular weight excluding hydrogens is 336 g/mol. The first-order valence-corrected chi connectivity index (χ1v) is 7.39. The van der Waals surface area contributed by atoms with Gasteiger partial charge in [0.2, 0.25) is 0 Å². The van der Waals surface area contributed by atoms with Crippen molar-refractivity contribution in [3.8, 4) is 17.2 Å². The molecular formula is C16H15BrO4. The Morgan fingerprint density at radius 3 is 2.76 bits per heavy atom. The maximum Gasteiger partial charge on any atom is 0.160 e. The molecule has 4 nitrogen and oxygen atoms in total. The van der Waals surface area contributed by atoms with Gasteiger partial charge in [-0.3, -0.25) is 0 Å². The van der Waals surface area contributed by atoms with Crippen molar-refractivity contribution in [3.63, 3.8) is 0 Å². The highest BCUT2D eigenvalue weighted by Crippen LogP contribution is 2.43. The molecule has 0 spiro atoms. The van der Waals surface area contributed by atoms with E-state index in [-0.39, 0.29) is 11.9 Å². The number of methoxy groups -OCH3 is 1. The second-order valence-corrected chi connectivity index (χ2v) is 5.89. The largest absolute Gasteiger partial charge is 0.504 e. The molecule has 0 bridgehead atoms. The molecule has 0 radical (unpaired) electrons. The molecule has 1 unspecified atom stereocenters. The number of rotatable bonds is 2. The molecule has 0 aliphatic carbocycles. The molecule has 2 aromatic rings. The van der Waals surface area contributed by atoms with Gasteiger partial charge in [-0.25, -0.2) is 0 Å². The number of hydrogen-bond acceptors (Lipinski definition) is 4. The highest BCUT2D eigenvalue weighted by atomic mass is 79.9. The predicted molar refractivity (Wildman–Crippen MR) is 81.7 cm³/mol. The van der Waals surface area contributed by atoms with Crippen LogP contribution in [-0.2, 0) is 0 Å². The minimum Gasteiger partial charge on any atom is -0.504 e. The number of ether oxygens (including phenoxy) is 2. The van der Waals surface area contributed by atoms with E-state index >= 15 is 0 Å². The molecule has 5 heteroatoms. The lowest BCUT2D eigenvalue weighted by molar-refractivity contribution is 0.0655. The van der Waals surface area contributed by atoms with E-state index in [1.807, 2.05) is 24.3 Å². The van der Waals surface area contributed by atoms with Crippen LogP contribution in [0, 0.1) is 0 Å². The van der Waals surface area contributed by atoms with Gasteiger partial charge in [-0.05, 0) is 29.8 Å². The Labute approximate surface area is 131 Å². The van der Waals surface area contributed by atoms with Crippen LogP contribution in [0.3, 0.4) is 0 Å². The quantitative estimate of drug-likeness (QED) is 0.866. The van der Waals surface area contributed by atoms with Gasteiger partial charge < -0.3 is 19.7 Å². The topological polar surface area (TPSA) is 58.9 Å². The number of phenolic OH excluding ortho intramolecular Hbond substituents is 1. The van der Waals surface area contributed by atoms with E-state index in [0.717, 1.165) is 15.6 Å². The molecule has 0 saturated carbocycles. The SMILES string of the molecule is COc1ccc(C2C[C@@H](O)c3ccc(Br)cc3O2)cc1O. The van der Waals surface area contributed by atoms with E-state index in [9.17, 15) is 10.2 Å². The summed E-state index contributed by atoms with van der Waals surface area (Å²) < 4.78 is 11.9. The number of fused-ring (bicyclic) bond motifs is 1. The first-order chi connectivity index (χ1) is 10.1. The Balaban J connectivity index is 1.93. The first-order valence-electron chi connectivity index (χ1n) is 6.59. The molecule has 2 atom stereocenters.